The monoisotopic (exact) mass is 192 g/mol. The van der Waals surface area contributed by atoms with Gasteiger partial charge in [-0.25, -0.2) is 0 Å². The first-order valence-electron chi connectivity index (χ1n) is 4.23. The molecule has 0 bridgehead atoms. The van der Waals surface area contributed by atoms with E-state index >= 15 is 0 Å². The highest BCUT2D eigenvalue weighted by atomic mass is 16.7. The standard InChI is InChI=1S/C11H12O3/c1-3-4-9-14-11(13-2)7-5-10(12)6-8-11/h5-8H,9H2,1-2H3. The zero-order valence-electron chi connectivity index (χ0n) is 8.24. The third-order valence-electron chi connectivity index (χ3n) is 1.83. The summed E-state index contributed by atoms with van der Waals surface area (Å²) in [5.41, 5.74) is 0. The highest BCUT2D eigenvalue weighted by Gasteiger charge is 2.26. The fraction of sp³-hybridized carbons (Fsp3) is 0.364. The van der Waals surface area contributed by atoms with Crippen molar-refractivity contribution in [2.45, 2.75) is 12.7 Å². The summed E-state index contributed by atoms with van der Waals surface area (Å²) >= 11 is 0. The molecule has 74 valence electrons. The van der Waals surface area contributed by atoms with Crippen LogP contribution in [0.3, 0.4) is 0 Å². The van der Waals surface area contributed by atoms with Gasteiger partial charge in [0.05, 0.1) is 0 Å². The average Bonchev–Trinajstić information content (AvgIpc) is 2.22. The summed E-state index contributed by atoms with van der Waals surface area (Å²) in [6.07, 6.45) is 5.99. The van der Waals surface area contributed by atoms with E-state index in [1.165, 1.54) is 19.3 Å². The Kier molecular flexibility index (Phi) is 3.63. The molecule has 3 nitrogen and oxygen atoms in total. The van der Waals surface area contributed by atoms with Gasteiger partial charge in [-0.1, -0.05) is 5.92 Å². The molecule has 0 aromatic heterocycles. The van der Waals surface area contributed by atoms with E-state index in [1.54, 1.807) is 19.1 Å². The maximum absolute atomic E-state index is 10.9. The Hall–Kier alpha value is -1.37. The van der Waals surface area contributed by atoms with Crippen LogP contribution in [0.5, 0.6) is 0 Å². The molecule has 0 aromatic carbocycles. The van der Waals surface area contributed by atoms with Gasteiger partial charge in [-0.15, -0.1) is 5.92 Å². The summed E-state index contributed by atoms with van der Waals surface area (Å²) in [5.74, 6) is 4.47. The first-order chi connectivity index (χ1) is 6.72. The van der Waals surface area contributed by atoms with E-state index < -0.39 is 5.79 Å². The summed E-state index contributed by atoms with van der Waals surface area (Å²) < 4.78 is 10.5. The molecular weight excluding hydrogens is 180 g/mol. The lowest BCUT2D eigenvalue weighted by atomic mass is 10.1. The van der Waals surface area contributed by atoms with Crippen molar-refractivity contribution >= 4 is 5.78 Å². The van der Waals surface area contributed by atoms with E-state index in [0.717, 1.165) is 0 Å². The van der Waals surface area contributed by atoms with Crippen LogP contribution in [0.15, 0.2) is 24.3 Å². The molecule has 3 heteroatoms. The van der Waals surface area contributed by atoms with Crippen molar-refractivity contribution in [2.24, 2.45) is 0 Å². The van der Waals surface area contributed by atoms with Crippen molar-refractivity contribution in [3.8, 4) is 11.8 Å². The highest BCUT2D eigenvalue weighted by Crippen LogP contribution is 2.19. The molecule has 1 aliphatic rings. The van der Waals surface area contributed by atoms with Crippen molar-refractivity contribution < 1.29 is 14.3 Å². The minimum atomic E-state index is -0.933. The molecule has 0 amide bonds. The van der Waals surface area contributed by atoms with Gasteiger partial charge in [-0.2, -0.15) is 0 Å². The molecule has 14 heavy (non-hydrogen) atoms. The summed E-state index contributed by atoms with van der Waals surface area (Å²) in [7, 11) is 1.52. The van der Waals surface area contributed by atoms with Crippen LogP contribution in [0.25, 0.3) is 0 Å². The SMILES string of the molecule is CC#CCOC1(OC)C=CC(=O)C=C1. The number of hydrogen-bond acceptors (Lipinski definition) is 3. The number of ether oxygens (including phenoxy) is 2. The minimum absolute atomic E-state index is 0.0668. The number of methoxy groups -OCH3 is 1. The van der Waals surface area contributed by atoms with E-state index in [1.807, 2.05) is 0 Å². The molecule has 0 aliphatic heterocycles. The van der Waals surface area contributed by atoms with E-state index in [9.17, 15) is 4.79 Å². The molecule has 0 N–H and O–H groups in total. The third kappa shape index (κ3) is 2.56. The predicted octanol–water partition coefficient (Wildman–Crippen LogP) is 1.06. The van der Waals surface area contributed by atoms with Crippen molar-refractivity contribution in [1.29, 1.82) is 0 Å². The van der Waals surface area contributed by atoms with Crippen LogP contribution in [-0.2, 0) is 14.3 Å². The Balaban J connectivity index is 2.66. The van der Waals surface area contributed by atoms with Gasteiger partial charge in [-0.3, -0.25) is 4.79 Å². The average molecular weight is 192 g/mol. The zero-order chi connectivity index (χ0) is 10.4. The first kappa shape index (κ1) is 10.7. The third-order valence-corrected chi connectivity index (χ3v) is 1.83. The Morgan fingerprint density at radius 2 is 2.07 bits per heavy atom. The minimum Gasteiger partial charge on any atom is -0.346 e. The van der Waals surface area contributed by atoms with E-state index in [2.05, 4.69) is 11.8 Å². The van der Waals surface area contributed by atoms with Crippen LogP contribution < -0.4 is 0 Å². The lowest BCUT2D eigenvalue weighted by Crippen LogP contribution is -2.32. The van der Waals surface area contributed by atoms with E-state index in [0.29, 0.717) is 0 Å². The van der Waals surface area contributed by atoms with Gasteiger partial charge >= 0.3 is 0 Å². The molecule has 0 radical (unpaired) electrons. The summed E-state index contributed by atoms with van der Waals surface area (Å²) in [6, 6.07) is 0. The Bertz CT molecular complexity index is 312. The maximum atomic E-state index is 10.9. The first-order valence-corrected chi connectivity index (χ1v) is 4.23. The quantitative estimate of drug-likeness (QED) is 0.495. The van der Waals surface area contributed by atoms with Crippen molar-refractivity contribution in [3.63, 3.8) is 0 Å². The second-order valence-corrected chi connectivity index (χ2v) is 2.71. The summed E-state index contributed by atoms with van der Waals surface area (Å²) in [5, 5.41) is 0. The second-order valence-electron chi connectivity index (χ2n) is 2.71. The number of rotatable bonds is 3. The maximum Gasteiger partial charge on any atom is 0.209 e. The molecule has 1 rings (SSSR count). The molecule has 0 unspecified atom stereocenters. The van der Waals surface area contributed by atoms with Gasteiger partial charge in [0, 0.05) is 7.11 Å². The Morgan fingerprint density at radius 1 is 1.43 bits per heavy atom. The Labute approximate surface area is 83.4 Å². The van der Waals surface area contributed by atoms with Gasteiger partial charge in [0.25, 0.3) is 0 Å². The number of carbonyl (C=O) groups excluding carboxylic acids is 1. The van der Waals surface area contributed by atoms with Crippen LogP contribution >= 0.6 is 0 Å². The fourth-order valence-electron chi connectivity index (χ4n) is 1.02. The van der Waals surface area contributed by atoms with Gasteiger partial charge in [0.15, 0.2) is 5.78 Å². The van der Waals surface area contributed by atoms with Crippen LogP contribution in [0.1, 0.15) is 6.92 Å². The molecule has 0 spiro atoms. The molecule has 0 saturated carbocycles. The van der Waals surface area contributed by atoms with Gasteiger partial charge in [-0.05, 0) is 31.2 Å². The summed E-state index contributed by atoms with van der Waals surface area (Å²) in [4.78, 5) is 10.9. The molecule has 0 heterocycles. The number of allylic oxidation sites excluding steroid dienone is 2. The van der Waals surface area contributed by atoms with Gasteiger partial charge < -0.3 is 9.47 Å². The lowest BCUT2D eigenvalue weighted by molar-refractivity contribution is -0.146. The predicted molar refractivity (Wildman–Crippen MR) is 52.4 cm³/mol. The molecule has 1 aliphatic carbocycles. The van der Waals surface area contributed by atoms with Gasteiger partial charge in [0.1, 0.15) is 6.61 Å². The van der Waals surface area contributed by atoms with Crippen molar-refractivity contribution in [2.75, 3.05) is 13.7 Å². The van der Waals surface area contributed by atoms with Crippen LogP contribution in [0.2, 0.25) is 0 Å². The number of carbonyl (C=O) groups is 1. The topological polar surface area (TPSA) is 35.5 Å². The smallest absolute Gasteiger partial charge is 0.209 e. The zero-order valence-corrected chi connectivity index (χ0v) is 8.24. The molecular formula is C11H12O3. The largest absolute Gasteiger partial charge is 0.346 e. The molecule has 0 atom stereocenters. The van der Waals surface area contributed by atoms with E-state index in [4.69, 9.17) is 9.47 Å². The normalized spacial score (nSPS) is 17.7. The van der Waals surface area contributed by atoms with Crippen molar-refractivity contribution in [1.82, 2.24) is 0 Å². The Morgan fingerprint density at radius 3 is 2.57 bits per heavy atom. The van der Waals surface area contributed by atoms with E-state index in [-0.39, 0.29) is 12.4 Å². The van der Waals surface area contributed by atoms with Crippen LogP contribution in [0, 0.1) is 11.8 Å². The van der Waals surface area contributed by atoms with Crippen molar-refractivity contribution in [3.05, 3.63) is 24.3 Å². The molecule has 0 fully saturated rings. The summed E-state index contributed by atoms with van der Waals surface area (Å²) in [6.45, 7) is 2.01. The molecule has 0 aromatic rings. The number of hydrogen-bond donors (Lipinski definition) is 0. The lowest BCUT2D eigenvalue weighted by Gasteiger charge is -2.26. The molecule has 0 saturated heterocycles. The number of ketones is 1. The van der Waals surface area contributed by atoms with Crippen LogP contribution in [0.4, 0.5) is 0 Å². The fourth-order valence-corrected chi connectivity index (χ4v) is 1.02. The van der Waals surface area contributed by atoms with Gasteiger partial charge in [0.2, 0.25) is 5.79 Å². The second kappa shape index (κ2) is 4.75. The van der Waals surface area contributed by atoms with Crippen LogP contribution in [-0.4, -0.2) is 25.3 Å². The highest BCUT2D eigenvalue weighted by molar-refractivity contribution is 6.00.